The third-order valence-corrected chi connectivity index (χ3v) is 13.9. The number of hydrogen-bond acceptors (Lipinski definition) is 7. The van der Waals surface area contributed by atoms with E-state index in [-0.39, 0.29) is 43.3 Å². The van der Waals surface area contributed by atoms with Crippen LogP contribution in [0.2, 0.25) is 23.7 Å². The van der Waals surface area contributed by atoms with Crippen LogP contribution in [0.5, 0.6) is 5.75 Å². The lowest BCUT2D eigenvalue weighted by Gasteiger charge is -2.37. The monoisotopic (exact) mass is 753 g/mol. The minimum atomic E-state index is -3.04. The Balaban J connectivity index is 1.14. The molecule has 12 heteroatoms. The summed E-state index contributed by atoms with van der Waals surface area (Å²) < 4.78 is 12.1. The smallest absolute Gasteiger partial charge is 0.264 e. The number of aliphatic hydroxyl groups excluding tert-OH is 1. The predicted octanol–water partition coefficient (Wildman–Crippen LogP) is 6.28. The molecule has 5 atom stereocenters. The molecule has 3 amide bonds. The maximum Gasteiger partial charge on any atom is 0.264 e. The molecular formula is C41H44ClN3O7Si. The lowest BCUT2D eigenvalue weighted by Crippen LogP contribution is -2.48. The number of carbonyl (C=O) groups excluding carboxylic acids is 3. The minimum absolute atomic E-state index is 0.0424. The molecular weight excluding hydrogens is 710 g/mol. The highest BCUT2D eigenvalue weighted by Gasteiger charge is 2.66. The Kier molecular flexibility index (Phi) is 9.98. The maximum atomic E-state index is 14.9. The lowest BCUT2D eigenvalue weighted by molar-refractivity contribution is -0.151. The lowest BCUT2D eigenvalue weighted by atomic mass is 9.82. The number of fused-ring (bicyclic) bond motifs is 3. The van der Waals surface area contributed by atoms with Gasteiger partial charge in [0.15, 0.2) is 13.9 Å². The Labute approximate surface area is 315 Å². The van der Waals surface area contributed by atoms with E-state index in [1.165, 1.54) is 0 Å². The summed E-state index contributed by atoms with van der Waals surface area (Å²) in [7, 11) is -1.47. The van der Waals surface area contributed by atoms with Gasteiger partial charge in [0.25, 0.3) is 11.8 Å². The number of ether oxygens (including phenoxy) is 2. The van der Waals surface area contributed by atoms with E-state index in [0.717, 1.165) is 16.7 Å². The van der Waals surface area contributed by atoms with Crippen molar-refractivity contribution in [3.05, 3.63) is 124 Å². The number of halogens is 1. The van der Waals surface area contributed by atoms with E-state index in [1.54, 1.807) is 65.4 Å². The van der Waals surface area contributed by atoms with Crippen molar-refractivity contribution in [2.24, 2.45) is 5.92 Å². The molecule has 0 radical (unpaired) electrons. The SMILES string of the molecule is COc1ccc(C(=O)Nc2ccc(CN3C(=O)[C@@]4(O[C@@H](CC(=O)N5Cc6ccccc6C[C@H]5CO)[C@H]([Si](C)(C)O)[C@H]4C)c4cc(Cl)ccc43)cc2)cc1. The molecule has 0 bridgehead atoms. The number of nitrogens with one attached hydrogen (secondary N) is 1. The molecule has 276 valence electrons. The Morgan fingerprint density at radius 1 is 1.02 bits per heavy atom. The second-order valence-electron chi connectivity index (χ2n) is 14.8. The number of hydrogen-bond donors (Lipinski definition) is 3. The molecule has 1 spiro atoms. The highest BCUT2D eigenvalue weighted by atomic mass is 35.5. The van der Waals surface area contributed by atoms with Gasteiger partial charge in [-0.15, -0.1) is 0 Å². The first-order chi connectivity index (χ1) is 25.3. The summed E-state index contributed by atoms with van der Waals surface area (Å²) in [5.74, 6) is -0.549. The van der Waals surface area contributed by atoms with Crippen LogP contribution in [0, 0.1) is 5.92 Å². The summed E-state index contributed by atoms with van der Waals surface area (Å²) in [6.45, 7) is 6.00. The highest BCUT2D eigenvalue weighted by molar-refractivity contribution is 6.71. The van der Waals surface area contributed by atoms with E-state index in [9.17, 15) is 24.3 Å². The first-order valence-corrected chi connectivity index (χ1v) is 21.3. The molecule has 0 aliphatic carbocycles. The molecule has 0 aromatic heterocycles. The molecule has 7 rings (SSSR count). The standard InChI is InChI=1S/C41H44ClN3O7Si/c1-25-38(53(3,4)50)36(21-37(47)44-23-29-8-6-5-7-28(29)19-32(44)24-46)52-41(25)34-20-30(42)13-18-35(34)45(40(41)49)22-26-9-14-31(15-10-26)43-39(48)27-11-16-33(51-2)17-12-27/h5-18,20,25,32,36,38,46,50H,19,21-24H2,1-4H3,(H,43,48)/t25-,32+,36+,38-,41+/m1/s1. The van der Waals surface area contributed by atoms with Crippen LogP contribution in [0.3, 0.4) is 0 Å². The van der Waals surface area contributed by atoms with Gasteiger partial charge in [0, 0.05) is 39.8 Å². The van der Waals surface area contributed by atoms with Crippen LogP contribution < -0.4 is 15.0 Å². The maximum absolute atomic E-state index is 14.9. The Morgan fingerprint density at radius 3 is 2.38 bits per heavy atom. The average Bonchev–Trinajstić information content (AvgIpc) is 3.57. The summed E-state index contributed by atoms with van der Waals surface area (Å²) in [5, 5.41) is 13.6. The molecule has 10 nitrogen and oxygen atoms in total. The molecule has 1 fully saturated rings. The van der Waals surface area contributed by atoms with E-state index >= 15 is 0 Å². The van der Waals surface area contributed by atoms with E-state index in [2.05, 4.69) is 5.32 Å². The molecule has 3 aliphatic heterocycles. The minimum Gasteiger partial charge on any atom is -0.497 e. The Morgan fingerprint density at radius 2 is 1.72 bits per heavy atom. The molecule has 3 heterocycles. The van der Waals surface area contributed by atoms with Crippen molar-refractivity contribution in [3.63, 3.8) is 0 Å². The fraction of sp³-hybridized carbons (Fsp3) is 0.341. The van der Waals surface area contributed by atoms with Gasteiger partial charge in [-0.2, -0.15) is 0 Å². The summed E-state index contributed by atoms with van der Waals surface area (Å²) in [6.07, 6.45) is -0.243. The number of nitrogens with zero attached hydrogens (tertiary/aromatic N) is 2. The second kappa shape index (κ2) is 14.4. The summed E-state index contributed by atoms with van der Waals surface area (Å²) in [4.78, 5) is 57.0. The summed E-state index contributed by atoms with van der Waals surface area (Å²) in [6, 6.07) is 27.0. The number of rotatable bonds is 9. The van der Waals surface area contributed by atoms with Gasteiger partial charge in [-0.1, -0.05) is 54.9 Å². The van der Waals surface area contributed by atoms with Crippen molar-refractivity contribution in [2.75, 3.05) is 23.9 Å². The zero-order valence-corrected chi connectivity index (χ0v) is 32.0. The van der Waals surface area contributed by atoms with Crippen LogP contribution in [0.4, 0.5) is 11.4 Å². The molecule has 1 saturated heterocycles. The Bertz CT molecular complexity index is 2040. The van der Waals surface area contributed by atoms with Crippen LogP contribution in [-0.2, 0) is 39.4 Å². The number of anilines is 2. The third kappa shape index (κ3) is 6.76. The van der Waals surface area contributed by atoms with Gasteiger partial charge < -0.3 is 34.5 Å². The number of carbonyl (C=O) groups is 3. The van der Waals surface area contributed by atoms with Gasteiger partial charge in [-0.25, -0.2) is 0 Å². The molecule has 3 aliphatic rings. The zero-order valence-electron chi connectivity index (χ0n) is 30.2. The molecule has 53 heavy (non-hydrogen) atoms. The number of aliphatic hydroxyl groups is 1. The normalized spacial score (nSPS) is 23.6. The third-order valence-electron chi connectivity index (χ3n) is 11.1. The van der Waals surface area contributed by atoms with Gasteiger partial charge in [0.2, 0.25) is 5.91 Å². The van der Waals surface area contributed by atoms with Gasteiger partial charge in [0.05, 0.1) is 44.5 Å². The van der Waals surface area contributed by atoms with Crippen LogP contribution >= 0.6 is 11.6 Å². The van der Waals surface area contributed by atoms with Crippen molar-refractivity contribution in [2.45, 2.75) is 69.2 Å². The van der Waals surface area contributed by atoms with E-state index in [0.29, 0.717) is 46.2 Å². The van der Waals surface area contributed by atoms with E-state index in [4.69, 9.17) is 21.1 Å². The van der Waals surface area contributed by atoms with Crippen molar-refractivity contribution in [1.29, 1.82) is 0 Å². The van der Waals surface area contributed by atoms with E-state index in [1.807, 2.05) is 62.5 Å². The molecule has 0 unspecified atom stereocenters. The summed E-state index contributed by atoms with van der Waals surface area (Å²) >= 11 is 6.58. The second-order valence-corrected chi connectivity index (χ2v) is 19.2. The summed E-state index contributed by atoms with van der Waals surface area (Å²) in [5.41, 5.74) is 3.40. The van der Waals surface area contributed by atoms with Crippen LogP contribution in [0.25, 0.3) is 0 Å². The van der Waals surface area contributed by atoms with Crippen molar-refractivity contribution >= 4 is 49.0 Å². The van der Waals surface area contributed by atoms with Crippen LogP contribution in [0.15, 0.2) is 91.0 Å². The molecule has 3 N–H and O–H groups in total. The van der Waals surface area contributed by atoms with Gasteiger partial charge in [-0.3, -0.25) is 14.4 Å². The number of benzene rings is 4. The van der Waals surface area contributed by atoms with Crippen LogP contribution in [0.1, 0.15) is 46.0 Å². The van der Waals surface area contributed by atoms with Gasteiger partial charge in [-0.05, 0) is 90.8 Å². The largest absolute Gasteiger partial charge is 0.497 e. The molecule has 4 aromatic carbocycles. The van der Waals surface area contributed by atoms with E-state index < -0.39 is 31.5 Å². The predicted molar refractivity (Wildman–Crippen MR) is 205 cm³/mol. The fourth-order valence-corrected chi connectivity index (χ4v) is 11.3. The Hall–Kier alpha value is -4.52. The zero-order chi connectivity index (χ0) is 37.7. The first-order valence-electron chi connectivity index (χ1n) is 17.9. The molecule has 4 aromatic rings. The van der Waals surface area contributed by atoms with Crippen molar-refractivity contribution < 1.29 is 33.8 Å². The highest BCUT2D eigenvalue weighted by Crippen LogP contribution is 2.60. The van der Waals surface area contributed by atoms with Crippen LogP contribution in [-0.4, -0.2) is 66.7 Å². The number of methoxy groups -OCH3 is 1. The fourth-order valence-electron chi connectivity index (χ4n) is 8.56. The van der Waals surface area contributed by atoms with Crippen molar-refractivity contribution in [3.8, 4) is 5.75 Å². The average molecular weight is 754 g/mol. The topological polar surface area (TPSA) is 129 Å². The van der Waals surface area contributed by atoms with Gasteiger partial charge >= 0.3 is 0 Å². The molecule has 0 saturated carbocycles. The van der Waals surface area contributed by atoms with Crippen molar-refractivity contribution in [1.82, 2.24) is 4.90 Å². The number of amides is 3. The van der Waals surface area contributed by atoms with Gasteiger partial charge in [0.1, 0.15) is 5.75 Å². The first kappa shape index (κ1) is 36.8. The quantitative estimate of drug-likeness (QED) is 0.172.